The number of carbonyl (C=O) groups is 1. The highest BCUT2D eigenvalue weighted by Crippen LogP contribution is 2.16. The van der Waals surface area contributed by atoms with Gasteiger partial charge in [0.25, 0.3) is 5.91 Å². The lowest BCUT2D eigenvalue weighted by Gasteiger charge is -2.22. The second-order valence-electron chi connectivity index (χ2n) is 5.08. The molecule has 0 aromatic carbocycles. The van der Waals surface area contributed by atoms with Crippen LogP contribution in [0.15, 0.2) is 6.20 Å². The minimum Gasteiger partial charge on any atom is -0.337 e. The van der Waals surface area contributed by atoms with Crippen molar-refractivity contribution >= 4 is 5.91 Å². The van der Waals surface area contributed by atoms with Gasteiger partial charge < -0.3 is 10.2 Å². The molecule has 2 aliphatic heterocycles. The van der Waals surface area contributed by atoms with Crippen molar-refractivity contribution in [3.63, 3.8) is 0 Å². The first-order chi connectivity index (χ1) is 8.84. The zero-order chi connectivity index (χ0) is 12.4. The second kappa shape index (κ2) is 5.06. The first-order valence-electron chi connectivity index (χ1n) is 6.76. The number of aromatic nitrogens is 3. The molecule has 2 saturated heterocycles. The molecule has 0 spiro atoms. The number of rotatable bonds is 2. The summed E-state index contributed by atoms with van der Waals surface area (Å²) in [6.45, 7) is 3.71. The molecule has 1 aromatic heterocycles. The van der Waals surface area contributed by atoms with E-state index in [1.54, 1.807) is 6.20 Å². The zero-order valence-corrected chi connectivity index (χ0v) is 10.5. The molecule has 0 radical (unpaired) electrons. The van der Waals surface area contributed by atoms with Gasteiger partial charge in [0.2, 0.25) is 0 Å². The van der Waals surface area contributed by atoms with Crippen LogP contribution >= 0.6 is 0 Å². The number of nitrogens with zero attached hydrogens (tertiary/aromatic N) is 4. The van der Waals surface area contributed by atoms with Crippen LogP contribution in [0.4, 0.5) is 0 Å². The summed E-state index contributed by atoms with van der Waals surface area (Å²) in [7, 11) is 0. The van der Waals surface area contributed by atoms with Gasteiger partial charge >= 0.3 is 0 Å². The van der Waals surface area contributed by atoms with E-state index in [0.29, 0.717) is 11.7 Å². The lowest BCUT2D eigenvalue weighted by Crippen LogP contribution is -2.32. The molecule has 6 heteroatoms. The van der Waals surface area contributed by atoms with Gasteiger partial charge in [-0.1, -0.05) is 5.21 Å². The van der Waals surface area contributed by atoms with E-state index in [9.17, 15) is 4.79 Å². The van der Waals surface area contributed by atoms with Crippen LogP contribution in [0, 0.1) is 0 Å². The number of piperidine rings is 1. The highest BCUT2D eigenvalue weighted by atomic mass is 16.2. The highest BCUT2D eigenvalue weighted by Gasteiger charge is 2.23. The summed E-state index contributed by atoms with van der Waals surface area (Å²) in [6, 6.07) is 0.339. The van der Waals surface area contributed by atoms with E-state index < -0.39 is 0 Å². The van der Waals surface area contributed by atoms with E-state index in [4.69, 9.17) is 0 Å². The maximum Gasteiger partial charge on any atom is 0.276 e. The quantitative estimate of drug-likeness (QED) is 0.826. The van der Waals surface area contributed by atoms with Crippen molar-refractivity contribution in [1.82, 2.24) is 25.2 Å². The fraction of sp³-hybridized carbons (Fsp3) is 0.750. The van der Waals surface area contributed by atoms with Crippen molar-refractivity contribution in [3.05, 3.63) is 11.9 Å². The number of hydrogen-bond acceptors (Lipinski definition) is 4. The average Bonchev–Trinajstić information content (AvgIpc) is 3.10. The van der Waals surface area contributed by atoms with Crippen LogP contribution in [-0.2, 0) is 0 Å². The van der Waals surface area contributed by atoms with Gasteiger partial charge in [0.15, 0.2) is 5.69 Å². The van der Waals surface area contributed by atoms with Crippen LogP contribution in [0.2, 0.25) is 0 Å². The lowest BCUT2D eigenvalue weighted by atomic mass is 10.1. The average molecular weight is 249 g/mol. The van der Waals surface area contributed by atoms with E-state index in [1.165, 1.54) is 0 Å². The molecule has 1 amide bonds. The molecular formula is C12H19N5O. The Morgan fingerprint density at radius 1 is 1.33 bits per heavy atom. The van der Waals surface area contributed by atoms with Crippen molar-refractivity contribution < 1.29 is 4.79 Å². The van der Waals surface area contributed by atoms with Crippen LogP contribution in [0.1, 0.15) is 42.2 Å². The molecule has 18 heavy (non-hydrogen) atoms. The molecule has 1 atom stereocenters. The molecule has 1 unspecified atom stereocenters. The van der Waals surface area contributed by atoms with Gasteiger partial charge in [-0.25, -0.2) is 4.68 Å². The summed E-state index contributed by atoms with van der Waals surface area (Å²) < 4.78 is 1.84. The van der Waals surface area contributed by atoms with Gasteiger partial charge in [-0.05, 0) is 32.2 Å². The molecule has 2 fully saturated rings. The first kappa shape index (κ1) is 11.6. The molecule has 98 valence electrons. The predicted octanol–water partition coefficient (Wildman–Crippen LogP) is 0.439. The topological polar surface area (TPSA) is 63.1 Å². The van der Waals surface area contributed by atoms with Gasteiger partial charge in [-0.2, -0.15) is 0 Å². The first-order valence-corrected chi connectivity index (χ1v) is 6.76. The molecule has 2 aliphatic rings. The van der Waals surface area contributed by atoms with E-state index in [0.717, 1.165) is 51.9 Å². The van der Waals surface area contributed by atoms with Gasteiger partial charge in [-0.3, -0.25) is 4.79 Å². The largest absolute Gasteiger partial charge is 0.337 e. The van der Waals surface area contributed by atoms with E-state index in [-0.39, 0.29) is 5.91 Å². The minimum absolute atomic E-state index is 0.0301. The normalized spacial score (nSPS) is 24.4. The standard InChI is InChI=1S/C12H19N5O/c18-12(16-6-1-2-7-16)11-9-17(15-14-11)10-4-3-5-13-8-10/h9-10,13H,1-8H2. The van der Waals surface area contributed by atoms with Crippen molar-refractivity contribution in [2.24, 2.45) is 0 Å². The third kappa shape index (κ3) is 2.25. The Morgan fingerprint density at radius 2 is 2.17 bits per heavy atom. The summed E-state index contributed by atoms with van der Waals surface area (Å²) in [5.74, 6) is 0.0301. The number of carbonyl (C=O) groups excluding carboxylic acids is 1. The molecule has 1 N–H and O–H groups in total. The van der Waals surface area contributed by atoms with E-state index >= 15 is 0 Å². The SMILES string of the molecule is O=C(c1cn(C2CCCNC2)nn1)N1CCCC1. The fourth-order valence-corrected chi connectivity index (χ4v) is 2.69. The molecule has 1 aromatic rings. The van der Waals surface area contributed by atoms with Crippen LogP contribution in [-0.4, -0.2) is 52.0 Å². The molecule has 0 aliphatic carbocycles. The van der Waals surface area contributed by atoms with E-state index in [1.807, 2.05) is 9.58 Å². The third-order valence-corrected chi connectivity index (χ3v) is 3.77. The Morgan fingerprint density at radius 3 is 2.89 bits per heavy atom. The fourth-order valence-electron chi connectivity index (χ4n) is 2.69. The minimum atomic E-state index is 0.0301. The summed E-state index contributed by atoms with van der Waals surface area (Å²) >= 11 is 0. The Labute approximate surface area is 106 Å². The second-order valence-corrected chi connectivity index (χ2v) is 5.08. The van der Waals surface area contributed by atoms with Gasteiger partial charge in [0.05, 0.1) is 12.2 Å². The van der Waals surface area contributed by atoms with Crippen LogP contribution in [0.5, 0.6) is 0 Å². The molecule has 3 heterocycles. The van der Waals surface area contributed by atoms with Crippen LogP contribution in [0.25, 0.3) is 0 Å². The van der Waals surface area contributed by atoms with E-state index in [2.05, 4.69) is 15.6 Å². The summed E-state index contributed by atoms with van der Waals surface area (Å²) in [4.78, 5) is 14.0. The Balaban J connectivity index is 1.70. The Hall–Kier alpha value is -1.43. The maximum absolute atomic E-state index is 12.1. The molecule has 3 rings (SSSR count). The van der Waals surface area contributed by atoms with Gasteiger partial charge in [-0.15, -0.1) is 5.10 Å². The van der Waals surface area contributed by atoms with Crippen molar-refractivity contribution in [1.29, 1.82) is 0 Å². The van der Waals surface area contributed by atoms with Crippen LogP contribution < -0.4 is 5.32 Å². The zero-order valence-electron chi connectivity index (χ0n) is 10.5. The predicted molar refractivity (Wildman–Crippen MR) is 66.3 cm³/mol. The molecular weight excluding hydrogens is 230 g/mol. The van der Waals surface area contributed by atoms with Crippen molar-refractivity contribution in [3.8, 4) is 0 Å². The Kier molecular flexibility index (Phi) is 3.27. The van der Waals surface area contributed by atoms with Gasteiger partial charge in [0.1, 0.15) is 0 Å². The van der Waals surface area contributed by atoms with Crippen LogP contribution in [0.3, 0.4) is 0 Å². The third-order valence-electron chi connectivity index (χ3n) is 3.77. The summed E-state index contributed by atoms with van der Waals surface area (Å²) in [5, 5.41) is 11.5. The molecule has 0 bridgehead atoms. The maximum atomic E-state index is 12.1. The van der Waals surface area contributed by atoms with Crippen molar-refractivity contribution in [2.45, 2.75) is 31.7 Å². The van der Waals surface area contributed by atoms with Gasteiger partial charge in [0, 0.05) is 19.6 Å². The molecule has 6 nitrogen and oxygen atoms in total. The summed E-state index contributed by atoms with van der Waals surface area (Å²) in [6.07, 6.45) is 6.27. The molecule has 0 saturated carbocycles. The number of hydrogen-bond donors (Lipinski definition) is 1. The smallest absolute Gasteiger partial charge is 0.276 e. The summed E-state index contributed by atoms with van der Waals surface area (Å²) in [5.41, 5.74) is 0.488. The lowest BCUT2D eigenvalue weighted by molar-refractivity contribution is 0.0787. The Bertz CT molecular complexity index is 418. The monoisotopic (exact) mass is 249 g/mol. The number of amides is 1. The van der Waals surface area contributed by atoms with Crippen molar-refractivity contribution in [2.75, 3.05) is 26.2 Å². The number of likely N-dealkylation sites (tertiary alicyclic amines) is 1. The highest BCUT2D eigenvalue weighted by molar-refractivity contribution is 5.92. The number of nitrogens with one attached hydrogen (secondary N) is 1.